The second-order valence-electron chi connectivity index (χ2n) is 5.44. The van der Waals surface area contributed by atoms with Crippen molar-refractivity contribution in [2.24, 2.45) is 5.92 Å². The van der Waals surface area contributed by atoms with Crippen LogP contribution >= 0.6 is 0 Å². The molecule has 0 aliphatic carbocycles. The second-order valence-corrected chi connectivity index (χ2v) is 5.44. The molecular weight excluding hydrogens is 262 g/mol. The molecule has 7 nitrogen and oxygen atoms in total. The minimum Gasteiger partial charge on any atom is -0.481 e. The normalized spacial score (nSPS) is 24.2. The Morgan fingerprint density at radius 1 is 1.35 bits per heavy atom. The average molecular weight is 285 g/mol. The monoisotopic (exact) mass is 285 g/mol. The van der Waals surface area contributed by atoms with Gasteiger partial charge in [0.2, 0.25) is 0 Å². The van der Waals surface area contributed by atoms with Crippen molar-refractivity contribution in [2.45, 2.75) is 19.4 Å². The molecule has 2 aliphatic rings. The molecule has 0 bridgehead atoms. The minimum atomic E-state index is -0.801. The molecule has 2 amide bonds. The summed E-state index contributed by atoms with van der Waals surface area (Å²) in [6.07, 6.45) is 0.185. The van der Waals surface area contributed by atoms with E-state index in [2.05, 4.69) is 17.1 Å². The van der Waals surface area contributed by atoms with E-state index in [0.29, 0.717) is 26.2 Å². The summed E-state index contributed by atoms with van der Waals surface area (Å²) in [5, 5.41) is 11.5. The van der Waals surface area contributed by atoms with Gasteiger partial charge in [0.15, 0.2) is 0 Å². The first-order chi connectivity index (χ1) is 9.58. The standard InChI is InChI=1S/C13H23N3O4/c1-2-15-3-4-20-11(9-15)6-14-13(19)16-7-10(8-16)5-12(17)18/h10-11H,2-9H2,1H3,(H,14,19)(H,17,18). The Bertz CT molecular complexity index is 358. The highest BCUT2D eigenvalue weighted by Gasteiger charge is 2.32. The van der Waals surface area contributed by atoms with Gasteiger partial charge in [-0.15, -0.1) is 0 Å². The Kier molecular flexibility index (Phi) is 5.19. The Morgan fingerprint density at radius 3 is 2.75 bits per heavy atom. The van der Waals surface area contributed by atoms with Crippen molar-refractivity contribution in [2.75, 3.05) is 45.9 Å². The van der Waals surface area contributed by atoms with Gasteiger partial charge in [0.25, 0.3) is 0 Å². The molecule has 0 saturated carbocycles. The van der Waals surface area contributed by atoms with Crippen LogP contribution in [0, 0.1) is 5.92 Å². The fourth-order valence-electron chi connectivity index (χ4n) is 2.62. The maximum atomic E-state index is 11.8. The first-order valence-corrected chi connectivity index (χ1v) is 7.17. The highest BCUT2D eigenvalue weighted by Crippen LogP contribution is 2.18. The van der Waals surface area contributed by atoms with E-state index in [0.717, 1.165) is 19.6 Å². The van der Waals surface area contributed by atoms with E-state index in [9.17, 15) is 9.59 Å². The van der Waals surface area contributed by atoms with Crippen LogP contribution in [0.25, 0.3) is 0 Å². The number of carboxylic acid groups (broad SMARTS) is 1. The van der Waals surface area contributed by atoms with Crippen LogP contribution in [0.2, 0.25) is 0 Å². The zero-order valence-corrected chi connectivity index (χ0v) is 11.9. The average Bonchev–Trinajstić information content (AvgIpc) is 2.39. The summed E-state index contributed by atoms with van der Waals surface area (Å²) in [6, 6.07) is -0.121. The maximum absolute atomic E-state index is 11.8. The van der Waals surface area contributed by atoms with Gasteiger partial charge in [0.05, 0.1) is 19.1 Å². The predicted octanol–water partition coefficient (Wildman–Crippen LogP) is -0.177. The molecule has 2 N–H and O–H groups in total. The predicted molar refractivity (Wildman–Crippen MR) is 72.6 cm³/mol. The first-order valence-electron chi connectivity index (χ1n) is 7.17. The van der Waals surface area contributed by atoms with Gasteiger partial charge in [0, 0.05) is 38.6 Å². The largest absolute Gasteiger partial charge is 0.481 e. The number of amides is 2. The van der Waals surface area contributed by atoms with E-state index in [-0.39, 0.29) is 24.5 Å². The number of nitrogens with one attached hydrogen (secondary N) is 1. The number of hydrogen-bond acceptors (Lipinski definition) is 4. The fourth-order valence-corrected chi connectivity index (χ4v) is 2.62. The number of rotatable bonds is 5. The molecule has 20 heavy (non-hydrogen) atoms. The SMILES string of the molecule is CCN1CCOC(CNC(=O)N2CC(CC(=O)O)C2)C1. The molecule has 114 valence electrons. The Morgan fingerprint density at radius 2 is 2.10 bits per heavy atom. The second kappa shape index (κ2) is 6.90. The van der Waals surface area contributed by atoms with Crippen molar-refractivity contribution in [1.82, 2.24) is 15.1 Å². The number of urea groups is 1. The lowest BCUT2D eigenvalue weighted by atomic mass is 9.97. The van der Waals surface area contributed by atoms with Crippen LogP contribution < -0.4 is 5.32 Å². The molecule has 0 radical (unpaired) electrons. The summed E-state index contributed by atoms with van der Waals surface area (Å²) in [4.78, 5) is 26.3. The van der Waals surface area contributed by atoms with Crippen LogP contribution in [0.4, 0.5) is 4.79 Å². The van der Waals surface area contributed by atoms with E-state index in [1.54, 1.807) is 4.90 Å². The molecule has 1 atom stereocenters. The number of likely N-dealkylation sites (tertiary alicyclic amines) is 1. The van der Waals surface area contributed by atoms with Gasteiger partial charge in [-0.05, 0) is 6.54 Å². The van der Waals surface area contributed by atoms with Gasteiger partial charge in [-0.25, -0.2) is 4.79 Å². The third-order valence-electron chi connectivity index (χ3n) is 3.86. The Hall–Kier alpha value is -1.34. The van der Waals surface area contributed by atoms with Crippen molar-refractivity contribution in [3.05, 3.63) is 0 Å². The highest BCUT2D eigenvalue weighted by atomic mass is 16.5. The molecule has 0 aromatic rings. The molecular formula is C13H23N3O4. The van der Waals surface area contributed by atoms with Gasteiger partial charge >= 0.3 is 12.0 Å². The highest BCUT2D eigenvalue weighted by molar-refractivity contribution is 5.75. The summed E-state index contributed by atoms with van der Waals surface area (Å²) in [5.74, 6) is -0.704. The smallest absolute Gasteiger partial charge is 0.317 e. The number of aliphatic carboxylic acids is 1. The minimum absolute atomic E-state index is 0.0451. The summed E-state index contributed by atoms with van der Waals surface area (Å²) in [7, 11) is 0. The van der Waals surface area contributed by atoms with Gasteiger partial charge in [0.1, 0.15) is 0 Å². The number of morpholine rings is 1. The third kappa shape index (κ3) is 4.08. The quantitative estimate of drug-likeness (QED) is 0.732. The van der Waals surface area contributed by atoms with Crippen molar-refractivity contribution >= 4 is 12.0 Å². The van der Waals surface area contributed by atoms with Gasteiger partial charge in [-0.2, -0.15) is 0 Å². The molecule has 1 unspecified atom stereocenters. The third-order valence-corrected chi connectivity index (χ3v) is 3.86. The summed E-state index contributed by atoms with van der Waals surface area (Å²) in [5.41, 5.74) is 0. The zero-order chi connectivity index (χ0) is 14.5. The van der Waals surface area contributed by atoms with E-state index < -0.39 is 5.97 Å². The fraction of sp³-hybridized carbons (Fsp3) is 0.846. The van der Waals surface area contributed by atoms with Crippen LogP contribution in [0.1, 0.15) is 13.3 Å². The molecule has 2 rings (SSSR count). The van der Waals surface area contributed by atoms with Crippen LogP contribution in [-0.4, -0.2) is 78.9 Å². The lowest BCUT2D eigenvalue weighted by molar-refractivity contribution is -0.139. The van der Waals surface area contributed by atoms with E-state index >= 15 is 0 Å². The maximum Gasteiger partial charge on any atom is 0.317 e. The van der Waals surface area contributed by atoms with Crippen molar-refractivity contribution < 1.29 is 19.4 Å². The molecule has 2 aliphatic heterocycles. The summed E-state index contributed by atoms with van der Waals surface area (Å²) < 4.78 is 5.61. The molecule has 2 heterocycles. The lowest BCUT2D eigenvalue weighted by Crippen LogP contribution is -2.56. The van der Waals surface area contributed by atoms with Crippen LogP contribution in [0.5, 0.6) is 0 Å². The van der Waals surface area contributed by atoms with Crippen LogP contribution in [0.3, 0.4) is 0 Å². The summed E-state index contributed by atoms with van der Waals surface area (Å²) >= 11 is 0. The molecule has 0 aromatic heterocycles. The van der Waals surface area contributed by atoms with Crippen LogP contribution in [-0.2, 0) is 9.53 Å². The Labute approximate surface area is 118 Å². The topological polar surface area (TPSA) is 82.1 Å². The molecule has 2 saturated heterocycles. The number of carboxylic acids is 1. The van der Waals surface area contributed by atoms with Gasteiger partial charge in [-0.1, -0.05) is 6.92 Å². The number of hydrogen-bond donors (Lipinski definition) is 2. The van der Waals surface area contributed by atoms with E-state index in [4.69, 9.17) is 9.84 Å². The summed E-state index contributed by atoms with van der Waals surface area (Å²) in [6.45, 7) is 7.19. The van der Waals surface area contributed by atoms with Crippen molar-refractivity contribution in [1.29, 1.82) is 0 Å². The van der Waals surface area contributed by atoms with Crippen molar-refractivity contribution in [3.63, 3.8) is 0 Å². The number of nitrogens with zero attached hydrogens (tertiary/aromatic N) is 2. The number of carbonyl (C=O) groups is 2. The molecule has 2 fully saturated rings. The molecule has 0 aromatic carbocycles. The first kappa shape index (κ1) is 15.1. The van der Waals surface area contributed by atoms with E-state index in [1.165, 1.54) is 0 Å². The van der Waals surface area contributed by atoms with E-state index in [1.807, 2.05) is 0 Å². The Balaban J connectivity index is 1.62. The lowest BCUT2D eigenvalue weighted by Gasteiger charge is -2.39. The molecule has 0 spiro atoms. The van der Waals surface area contributed by atoms with Crippen molar-refractivity contribution in [3.8, 4) is 0 Å². The van der Waals surface area contributed by atoms with Gasteiger partial charge < -0.3 is 20.1 Å². The van der Waals surface area contributed by atoms with Crippen LogP contribution in [0.15, 0.2) is 0 Å². The number of carbonyl (C=O) groups excluding carboxylic acids is 1. The number of ether oxygens (including phenoxy) is 1. The zero-order valence-electron chi connectivity index (χ0n) is 11.9. The molecule has 7 heteroatoms. The van der Waals surface area contributed by atoms with Gasteiger partial charge in [-0.3, -0.25) is 9.69 Å². The number of likely N-dealkylation sites (N-methyl/N-ethyl adjacent to an activating group) is 1.